The Morgan fingerprint density at radius 2 is 2.00 bits per heavy atom. The van der Waals surface area contributed by atoms with Crippen molar-refractivity contribution < 1.29 is 9.31 Å². The molecule has 0 spiro atoms. The second-order valence-electron chi connectivity index (χ2n) is 5.47. The predicted molar refractivity (Wildman–Crippen MR) is 78.4 cm³/mol. The molecule has 0 aliphatic carbocycles. The maximum Gasteiger partial charge on any atom is 0.273 e. The second-order valence-corrected chi connectivity index (χ2v) is 5.47. The van der Waals surface area contributed by atoms with Crippen LogP contribution in [0.3, 0.4) is 0 Å². The lowest BCUT2D eigenvalue weighted by molar-refractivity contribution is -0.385. The van der Waals surface area contributed by atoms with Crippen LogP contribution >= 0.6 is 0 Å². The summed E-state index contributed by atoms with van der Waals surface area (Å²) in [5.74, 6) is -0.355. The van der Waals surface area contributed by atoms with Gasteiger partial charge in [0.2, 0.25) is 0 Å². The quantitative estimate of drug-likeness (QED) is 0.610. The van der Waals surface area contributed by atoms with E-state index in [9.17, 15) is 14.5 Å². The maximum absolute atomic E-state index is 13.5. The van der Waals surface area contributed by atoms with E-state index in [1.54, 1.807) is 0 Å². The van der Waals surface area contributed by atoms with E-state index in [0.717, 1.165) is 19.0 Å². The smallest absolute Gasteiger partial charge is 0.273 e. The lowest BCUT2D eigenvalue weighted by Crippen LogP contribution is -2.35. The summed E-state index contributed by atoms with van der Waals surface area (Å²) in [7, 11) is 0. The number of nitro groups is 1. The van der Waals surface area contributed by atoms with Crippen molar-refractivity contribution in [2.45, 2.75) is 46.1 Å². The number of rotatable bonds is 7. The zero-order valence-corrected chi connectivity index (χ0v) is 12.5. The third-order valence-electron chi connectivity index (χ3n) is 3.52. The highest BCUT2D eigenvalue weighted by Gasteiger charge is 2.29. The van der Waals surface area contributed by atoms with Gasteiger partial charge in [-0.15, -0.1) is 0 Å². The van der Waals surface area contributed by atoms with Gasteiger partial charge in [-0.3, -0.25) is 10.1 Å². The van der Waals surface area contributed by atoms with Crippen LogP contribution in [0.2, 0.25) is 0 Å². The first-order chi connectivity index (χ1) is 9.38. The summed E-state index contributed by atoms with van der Waals surface area (Å²) in [4.78, 5) is 10.7. The molecular weight excluding hydrogens is 259 g/mol. The highest BCUT2D eigenvalue weighted by molar-refractivity contribution is 5.43. The summed E-state index contributed by atoms with van der Waals surface area (Å²) in [5, 5.41) is 14.5. The van der Waals surface area contributed by atoms with Crippen molar-refractivity contribution in [3.63, 3.8) is 0 Å². The summed E-state index contributed by atoms with van der Waals surface area (Å²) >= 11 is 0. The maximum atomic E-state index is 13.5. The molecule has 0 saturated carbocycles. The van der Waals surface area contributed by atoms with E-state index in [4.69, 9.17) is 0 Å². The monoisotopic (exact) mass is 282 g/mol. The number of nitrogens with zero attached hydrogens (tertiary/aromatic N) is 1. The van der Waals surface area contributed by atoms with Crippen molar-refractivity contribution in [3.05, 3.63) is 39.7 Å². The number of halogens is 1. The molecule has 1 aromatic carbocycles. The van der Waals surface area contributed by atoms with Crippen molar-refractivity contribution in [3.8, 4) is 0 Å². The molecule has 0 fully saturated rings. The van der Waals surface area contributed by atoms with Crippen LogP contribution in [0.15, 0.2) is 18.2 Å². The second kappa shape index (κ2) is 7.33. The zero-order chi connectivity index (χ0) is 15.3. The summed E-state index contributed by atoms with van der Waals surface area (Å²) in [6, 6.07) is 3.75. The highest BCUT2D eigenvalue weighted by atomic mass is 19.1. The average Bonchev–Trinajstić information content (AvgIpc) is 2.35. The first-order valence-electron chi connectivity index (χ1n) is 7.05. The van der Waals surface area contributed by atoms with E-state index in [2.05, 4.69) is 12.2 Å². The molecule has 1 rings (SSSR count). The van der Waals surface area contributed by atoms with Gasteiger partial charge in [-0.05, 0) is 37.9 Å². The minimum absolute atomic E-state index is 0.00440. The third kappa shape index (κ3) is 4.00. The molecule has 1 N–H and O–H groups in total. The summed E-state index contributed by atoms with van der Waals surface area (Å²) < 4.78 is 13.5. The molecule has 0 aliphatic heterocycles. The van der Waals surface area contributed by atoms with Gasteiger partial charge in [0, 0.05) is 23.6 Å². The van der Waals surface area contributed by atoms with Gasteiger partial charge < -0.3 is 5.32 Å². The minimum Gasteiger partial charge on any atom is -0.314 e. The fourth-order valence-corrected chi connectivity index (χ4v) is 2.66. The first-order valence-corrected chi connectivity index (χ1v) is 7.05. The zero-order valence-electron chi connectivity index (χ0n) is 12.5. The number of hydrogen-bond acceptors (Lipinski definition) is 3. The van der Waals surface area contributed by atoms with E-state index < -0.39 is 10.7 Å². The molecule has 0 radical (unpaired) electrons. The normalized spacial score (nSPS) is 14.3. The Morgan fingerprint density at radius 3 is 2.50 bits per heavy atom. The Hall–Kier alpha value is -1.49. The molecule has 1 aromatic rings. The van der Waals surface area contributed by atoms with Crippen LogP contribution < -0.4 is 5.32 Å². The van der Waals surface area contributed by atoms with Gasteiger partial charge in [-0.25, -0.2) is 4.39 Å². The molecule has 2 atom stereocenters. The van der Waals surface area contributed by atoms with E-state index >= 15 is 0 Å². The molecular formula is C15H23FN2O2. The van der Waals surface area contributed by atoms with Crippen LogP contribution in [0.4, 0.5) is 10.1 Å². The topological polar surface area (TPSA) is 55.2 Å². The Kier molecular flexibility index (Phi) is 6.07. The Bertz CT molecular complexity index is 463. The highest BCUT2D eigenvalue weighted by Crippen LogP contribution is 2.34. The van der Waals surface area contributed by atoms with Crippen LogP contribution in [0.1, 0.15) is 45.6 Å². The largest absolute Gasteiger partial charge is 0.314 e. The molecule has 5 heteroatoms. The first kappa shape index (κ1) is 16.6. The Labute approximate surface area is 119 Å². The number of benzene rings is 1. The van der Waals surface area contributed by atoms with Crippen molar-refractivity contribution in [1.82, 2.24) is 5.32 Å². The fourth-order valence-electron chi connectivity index (χ4n) is 2.66. The van der Waals surface area contributed by atoms with Gasteiger partial charge in [0.15, 0.2) is 0 Å². The molecule has 0 bridgehead atoms. The molecule has 20 heavy (non-hydrogen) atoms. The Balaban J connectivity index is 3.20. The van der Waals surface area contributed by atoms with E-state index in [0.29, 0.717) is 5.56 Å². The summed E-state index contributed by atoms with van der Waals surface area (Å²) in [6.07, 6.45) is 0.987. The summed E-state index contributed by atoms with van der Waals surface area (Å²) in [5.41, 5.74) is 0.469. The molecule has 0 aliphatic rings. The van der Waals surface area contributed by atoms with E-state index in [-0.39, 0.29) is 23.6 Å². The molecule has 112 valence electrons. The SMILES string of the molecule is CCCNC(C)C(c1cc(F)ccc1[N+](=O)[O-])C(C)C. The van der Waals surface area contributed by atoms with E-state index in [1.807, 2.05) is 20.8 Å². The van der Waals surface area contributed by atoms with Crippen LogP contribution in [0, 0.1) is 21.8 Å². The van der Waals surface area contributed by atoms with Gasteiger partial charge in [0.05, 0.1) is 4.92 Å². The van der Waals surface area contributed by atoms with Crippen LogP contribution in [0.5, 0.6) is 0 Å². The standard InChI is InChI=1S/C15H23FN2O2/c1-5-8-17-11(4)15(10(2)3)13-9-12(16)6-7-14(13)18(19)20/h6-7,9-11,15,17H,5,8H2,1-4H3. The molecule has 4 nitrogen and oxygen atoms in total. The van der Waals surface area contributed by atoms with Crippen LogP contribution in [-0.2, 0) is 0 Å². The van der Waals surface area contributed by atoms with Crippen molar-refractivity contribution >= 4 is 5.69 Å². The van der Waals surface area contributed by atoms with Crippen molar-refractivity contribution in [2.75, 3.05) is 6.54 Å². The summed E-state index contributed by atoms with van der Waals surface area (Å²) in [6.45, 7) is 8.91. The minimum atomic E-state index is -0.434. The fraction of sp³-hybridized carbons (Fsp3) is 0.600. The molecule has 2 unspecified atom stereocenters. The molecule has 0 aromatic heterocycles. The predicted octanol–water partition coefficient (Wildman–Crippen LogP) is 3.86. The van der Waals surface area contributed by atoms with Gasteiger partial charge in [-0.1, -0.05) is 20.8 Å². The van der Waals surface area contributed by atoms with E-state index in [1.165, 1.54) is 12.1 Å². The molecule has 0 saturated heterocycles. The number of hydrogen-bond donors (Lipinski definition) is 1. The Morgan fingerprint density at radius 1 is 1.35 bits per heavy atom. The van der Waals surface area contributed by atoms with Crippen molar-refractivity contribution in [2.24, 2.45) is 5.92 Å². The lowest BCUT2D eigenvalue weighted by atomic mass is 9.82. The average molecular weight is 282 g/mol. The van der Waals surface area contributed by atoms with Gasteiger partial charge >= 0.3 is 0 Å². The number of nitrogens with one attached hydrogen (secondary N) is 1. The van der Waals surface area contributed by atoms with Crippen LogP contribution in [0.25, 0.3) is 0 Å². The van der Waals surface area contributed by atoms with Gasteiger partial charge in [0.25, 0.3) is 5.69 Å². The third-order valence-corrected chi connectivity index (χ3v) is 3.52. The van der Waals surface area contributed by atoms with Gasteiger partial charge in [0.1, 0.15) is 5.82 Å². The molecule has 0 amide bonds. The van der Waals surface area contributed by atoms with Gasteiger partial charge in [-0.2, -0.15) is 0 Å². The van der Waals surface area contributed by atoms with Crippen LogP contribution in [-0.4, -0.2) is 17.5 Å². The molecule has 0 heterocycles. The lowest BCUT2D eigenvalue weighted by Gasteiger charge is -2.28. The van der Waals surface area contributed by atoms with Crippen molar-refractivity contribution in [1.29, 1.82) is 0 Å². The number of nitro benzene ring substituents is 1.